The van der Waals surface area contributed by atoms with Gasteiger partial charge in [-0.1, -0.05) is 6.07 Å². The number of pyridine rings is 1. The summed E-state index contributed by atoms with van der Waals surface area (Å²) < 4.78 is 25.5. The third kappa shape index (κ3) is 5.08. The van der Waals surface area contributed by atoms with Gasteiger partial charge < -0.3 is 20.1 Å². The van der Waals surface area contributed by atoms with E-state index in [1.165, 1.54) is 13.2 Å². The number of carbonyl (C=O) groups excluding carboxylic acids is 1. The molecule has 1 aliphatic rings. The highest BCUT2D eigenvalue weighted by Gasteiger charge is 2.27. The molecule has 0 radical (unpaired) electrons. The van der Waals surface area contributed by atoms with Crippen LogP contribution < -0.4 is 15.2 Å². The number of nitrogens with zero attached hydrogens (tertiary/aromatic N) is 4. The van der Waals surface area contributed by atoms with Crippen LogP contribution in [0.2, 0.25) is 0 Å². The molecule has 1 amide bonds. The Hall–Kier alpha value is -3.75. The second-order valence-corrected chi connectivity index (χ2v) is 8.53. The summed E-state index contributed by atoms with van der Waals surface area (Å²) in [6.07, 6.45) is 2.97. The minimum Gasteiger partial charge on any atom is -0.496 e. The maximum atomic E-state index is 14.5. The van der Waals surface area contributed by atoms with Gasteiger partial charge in [-0.05, 0) is 56.5 Å². The number of anilines is 1. The van der Waals surface area contributed by atoms with E-state index in [4.69, 9.17) is 15.2 Å². The zero-order chi connectivity index (χ0) is 24.2. The van der Waals surface area contributed by atoms with Gasteiger partial charge in [-0.25, -0.2) is 4.39 Å². The molecule has 0 saturated carbocycles. The number of hydrogen-bond acceptors (Lipinski definition) is 7. The maximum absolute atomic E-state index is 14.5. The largest absolute Gasteiger partial charge is 0.496 e. The van der Waals surface area contributed by atoms with Crippen LogP contribution in [0.1, 0.15) is 48.8 Å². The lowest BCUT2D eigenvalue weighted by Crippen LogP contribution is -2.38. The number of rotatable bonds is 6. The molecule has 3 heterocycles. The Morgan fingerprint density at radius 3 is 2.50 bits per heavy atom. The molecule has 0 aliphatic carbocycles. The lowest BCUT2D eigenvalue weighted by Gasteiger charge is -2.31. The molecule has 34 heavy (non-hydrogen) atoms. The highest BCUT2D eigenvalue weighted by Crippen LogP contribution is 2.33. The predicted molar refractivity (Wildman–Crippen MR) is 126 cm³/mol. The lowest BCUT2D eigenvalue weighted by atomic mass is 9.93. The minimum absolute atomic E-state index is 0.133. The Balaban J connectivity index is 1.48. The van der Waals surface area contributed by atoms with Gasteiger partial charge in [0.2, 0.25) is 0 Å². The van der Waals surface area contributed by atoms with Crippen molar-refractivity contribution in [1.29, 1.82) is 0 Å². The summed E-state index contributed by atoms with van der Waals surface area (Å²) in [5.41, 5.74) is 7.97. The molecule has 1 aromatic carbocycles. The number of benzene rings is 1. The van der Waals surface area contributed by atoms with Crippen molar-refractivity contribution < 1.29 is 18.7 Å². The molecule has 0 unspecified atom stereocenters. The molecule has 2 N–H and O–H groups in total. The summed E-state index contributed by atoms with van der Waals surface area (Å²) in [4.78, 5) is 19.2. The van der Waals surface area contributed by atoms with Crippen molar-refractivity contribution in [2.45, 2.75) is 38.7 Å². The van der Waals surface area contributed by atoms with Crippen molar-refractivity contribution in [2.24, 2.45) is 0 Å². The molecule has 8 nitrogen and oxygen atoms in total. The number of methoxy groups -OCH3 is 1. The Bertz CT molecular complexity index is 1160. The third-order valence-corrected chi connectivity index (χ3v) is 5.82. The number of hydrogen-bond donors (Lipinski definition) is 1. The van der Waals surface area contributed by atoms with Crippen LogP contribution in [0.15, 0.2) is 42.6 Å². The van der Waals surface area contributed by atoms with Gasteiger partial charge in [0.05, 0.1) is 18.9 Å². The normalized spacial score (nSPS) is 14.3. The van der Waals surface area contributed by atoms with Crippen molar-refractivity contribution in [1.82, 2.24) is 20.1 Å². The number of nitrogen functional groups attached to an aromatic ring is 1. The van der Waals surface area contributed by atoms with Crippen LogP contribution in [-0.2, 0) is 0 Å². The van der Waals surface area contributed by atoms with Gasteiger partial charge in [-0.15, -0.1) is 5.10 Å². The predicted octanol–water partition coefficient (Wildman–Crippen LogP) is 4.08. The van der Waals surface area contributed by atoms with Crippen molar-refractivity contribution >= 4 is 11.7 Å². The third-order valence-electron chi connectivity index (χ3n) is 5.82. The highest BCUT2D eigenvalue weighted by atomic mass is 19.1. The first kappa shape index (κ1) is 23.4. The van der Waals surface area contributed by atoms with Crippen LogP contribution in [0.25, 0.3) is 11.1 Å². The molecule has 0 atom stereocenters. The van der Waals surface area contributed by atoms with E-state index in [2.05, 4.69) is 15.2 Å². The fourth-order valence-electron chi connectivity index (χ4n) is 4.07. The quantitative estimate of drug-likeness (QED) is 0.585. The molecule has 0 bridgehead atoms. The molecular formula is C25H28FN5O3. The zero-order valence-electron chi connectivity index (χ0n) is 19.5. The van der Waals surface area contributed by atoms with E-state index >= 15 is 0 Å². The number of likely N-dealkylation sites (tertiary alicyclic amines) is 1. The van der Waals surface area contributed by atoms with Crippen LogP contribution in [0.5, 0.6) is 11.5 Å². The molecule has 178 valence electrons. The number of carbonyl (C=O) groups is 1. The van der Waals surface area contributed by atoms with Gasteiger partial charge in [0, 0.05) is 36.8 Å². The first-order valence-electron chi connectivity index (χ1n) is 11.2. The second-order valence-electron chi connectivity index (χ2n) is 8.53. The molecule has 9 heteroatoms. The Labute approximate surface area is 197 Å². The molecule has 4 rings (SSSR count). The summed E-state index contributed by atoms with van der Waals surface area (Å²) >= 11 is 0. The van der Waals surface area contributed by atoms with Gasteiger partial charge in [0.15, 0.2) is 11.6 Å². The van der Waals surface area contributed by atoms with Crippen LogP contribution in [0, 0.1) is 5.82 Å². The van der Waals surface area contributed by atoms with Gasteiger partial charge in [0.25, 0.3) is 5.91 Å². The molecular weight excluding hydrogens is 437 g/mol. The second kappa shape index (κ2) is 10.0. The van der Waals surface area contributed by atoms with E-state index in [-0.39, 0.29) is 29.4 Å². The fraction of sp³-hybridized carbons (Fsp3) is 0.360. The molecule has 0 spiro atoms. The minimum atomic E-state index is -0.470. The summed E-state index contributed by atoms with van der Waals surface area (Å²) in [7, 11) is 1.51. The smallest absolute Gasteiger partial charge is 0.272 e. The average Bonchev–Trinajstić information content (AvgIpc) is 2.85. The number of piperidine rings is 1. The molecule has 2 aromatic heterocycles. The van der Waals surface area contributed by atoms with Crippen LogP contribution in [-0.4, -0.2) is 52.3 Å². The van der Waals surface area contributed by atoms with Crippen LogP contribution in [0.3, 0.4) is 0 Å². The Kier molecular flexibility index (Phi) is 6.90. The molecule has 3 aromatic rings. The van der Waals surface area contributed by atoms with Crippen molar-refractivity contribution in [3.63, 3.8) is 0 Å². The van der Waals surface area contributed by atoms with Gasteiger partial charge in [0.1, 0.15) is 17.3 Å². The standard InChI is InChI=1S/C25H28FN5O3/c1-15(2)34-22-6-4-17(12-19(22)26)18-14-28-21(13-23(18)33-3)25(32)31-10-8-16(9-11-31)20-5-7-24(27)30-29-20/h4-7,12-16H,8-11H2,1-3H3,(H2,27,30). The van der Waals surface area contributed by atoms with Crippen molar-refractivity contribution in [3.8, 4) is 22.6 Å². The Morgan fingerprint density at radius 1 is 1.12 bits per heavy atom. The van der Waals surface area contributed by atoms with Crippen molar-refractivity contribution in [3.05, 3.63) is 59.8 Å². The summed E-state index contributed by atoms with van der Waals surface area (Å²) in [6.45, 7) is 4.85. The number of ether oxygens (including phenoxy) is 2. The lowest BCUT2D eigenvalue weighted by molar-refractivity contribution is 0.0705. The van der Waals surface area contributed by atoms with E-state index in [0.717, 1.165) is 18.5 Å². The van der Waals surface area contributed by atoms with E-state index in [1.807, 2.05) is 19.9 Å². The number of nitrogens with two attached hydrogens (primary N) is 1. The summed E-state index contributed by atoms with van der Waals surface area (Å²) in [6, 6.07) is 9.94. The highest BCUT2D eigenvalue weighted by molar-refractivity contribution is 5.93. The van der Waals surface area contributed by atoms with E-state index in [1.54, 1.807) is 35.4 Å². The molecule has 1 aliphatic heterocycles. The van der Waals surface area contributed by atoms with Crippen LogP contribution >= 0.6 is 0 Å². The average molecular weight is 466 g/mol. The molecule has 1 fully saturated rings. The van der Waals surface area contributed by atoms with E-state index in [9.17, 15) is 9.18 Å². The topological polar surface area (TPSA) is 103 Å². The van der Waals surface area contributed by atoms with Crippen molar-refractivity contribution in [2.75, 3.05) is 25.9 Å². The zero-order valence-corrected chi connectivity index (χ0v) is 19.5. The SMILES string of the molecule is COc1cc(C(=O)N2CCC(c3ccc(N)nn3)CC2)ncc1-c1ccc(OC(C)C)c(F)c1. The molecule has 1 saturated heterocycles. The summed E-state index contributed by atoms with van der Waals surface area (Å²) in [5, 5.41) is 8.10. The Morgan fingerprint density at radius 2 is 1.88 bits per heavy atom. The van der Waals surface area contributed by atoms with Gasteiger partial charge in [-0.3, -0.25) is 9.78 Å². The number of amides is 1. The van der Waals surface area contributed by atoms with Crippen LogP contribution in [0.4, 0.5) is 10.2 Å². The van der Waals surface area contributed by atoms with Gasteiger partial charge in [-0.2, -0.15) is 5.10 Å². The summed E-state index contributed by atoms with van der Waals surface area (Å²) in [5.74, 6) is 0.621. The monoisotopic (exact) mass is 465 g/mol. The van der Waals surface area contributed by atoms with Gasteiger partial charge >= 0.3 is 0 Å². The number of halogens is 1. The van der Waals surface area contributed by atoms with E-state index in [0.29, 0.717) is 35.8 Å². The first-order valence-corrected chi connectivity index (χ1v) is 11.2. The maximum Gasteiger partial charge on any atom is 0.272 e. The first-order chi connectivity index (χ1) is 16.4. The number of aromatic nitrogens is 3. The fourth-order valence-corrected chi connectivity index (χ4v) is 4.07. The van der Waals surface area contributed by atoms with E-state index < -0.39 is 5.82 Å².